The average molecular weight is 283 g/mol. The average Bonchev–Trinajstić information content (AvgIpc) is 2.27. The highest BCUT2D eigenvalue weighted by Gasteiger charge is 2.25. The number of amides is 1. The number of aliphatic hydroxyl groups excluding tert-OH is 1. The van der Waals surface area contributed by atoms with Crippen LogP contribution in [0.1, 0.15) is 58.3 Å². The Kier molecular flexibility index (Phi) is 9.65. The van der Waals surface area contributed by atoms with Gasteiger partial charge in [0.05, 0.1) is 6.10 Å². The molecule has 0 bridgehead atoms. The molecule has 1 unspecified atom stereocenters. The van der Waals surface area contributed by atoms with Crippen LogP contribution in [0.2, 0.25) is 0 Å². The number of unbranched alkanes of at least 4 members (excludes halogenated alkanes) is 3. The van der Waals surface area contributed by atoms with E-state index in [0.29, 0.717) is 38.6 Å². The van der Waals surface area contributed by atoms with Crippen molar-refractivity contribution in [1.82, 2.24) is 5.32 Å². The molecule has 0 aliphatic heterocycles. The van der Waals surface area contributed by atoms with E-state index in [-0.39, 0.29) is 18.4 Å². The third kappa shape index (κ3) is 15.2. The number of carbonyl (C=O) groups excluding carboxylic acids is 1. The zero-order valence-electron chi connectivity index (χ0n) is 11.4. The van der Waals surface area contributed by atoms with Gasteiger partial charge in [-0.1, -0.05) is 12.8 Å². The first-order chi connectivity index (χ1) is 8.81. The zero-order chi connectivity index (χ0) is 14.7. The van der Waals surface area contributed by atoms with Crippen molar-refractivity contribution in [3.63, 3.8) is 0 Å². The fraction of sp³-hybridized carbons (Fsp3) is 0.923. The molecular weight excluding hydrogens is 259 g/mol. The molecule has 0 radical (unpaired) electrons. The van der Waals surface area contributed by atoms with Crippen molar-refractivity contribution >= 4 is 5.91 Å². The van der Waals surface area contributed by atoms with Crippen molar-refractivity contribution in [1.29, 1.82) is 0 Å². The maximum Gasteiger partial charge on any atom is 0.389 e. The van der Waals surface area contributed by atoms with Gasteiger partial charge in [-0.05, 0) is 32.6 Å². The van der Waals surface area contributed by atoms with E-state index < -0.39 is 12.6 Å². The number of halogens is 3. The SMILES string of the molecule is CC(O)CCCNC(=O)CCCCCCC(F)(F)F. The van der Waals surface area contributed by atoms with Gasteiger partial charge in [-0.25, -0.2) is 0 Å². The van der Waals surface area contributed by atoms with Crippen molar-refractivity contribution in [2.75, 3.05) is 6.54 Å². The quantitative estimate of drug-likeness (QED) is 0.605. The molecule has 0 aliphatic rings. The number of alkyl halides is 3. The van der Waals surface area contributed by atoms with Gasteiger partial charge >= 0.3 is 6.18 Å². The fourth-order valence-electron chi connectivity index (χ4n) is 1.68. The first-order valence-electron chi connectivity index (χ1n) is 6.83. The molecule has 2 N–H and O–H groups in total. The zero-order valence-corrected chi connectivity index (χ0v) is 11.4. The molecule has 0 aromatic heterocycles. The summed E-state index contributed by atoms with van der Waals surface area (Å²) in [7, 11) is 0. The molecule has 114 valence electrons. The Bertz CT molecular complexity index is 243. The van der Waals surface area contributed by atoms with Gasteiger partial charge in [-0.2, -0.15) is 13.2 Å². The highest BCUT2D eigenvalue weighted by molar-refractivity contribution is 5.75. The van der Waals surface area contributed by atoms with E-state index in [2.05, 4.69) is 5.32 Å². The van der Waals surface area contributed by atoms with Gasteiger partial charge in [0, 0.05) is 19.4 Å². The van der Waals surface area contributed by atoms with E-state index in [9.17, 15) is 18.0 Å². The second kappa shape index (κ2) is 10.1. The number of aliphatic hydroxyl groups is 1. The van der Waals surface area contributed by atoms with Gasteiger partial charge in [0.2, 0.25) is 5.91 Å². The van der Waals surface area contributed by atoms with Crippen LogP contribution >= 0.6 is 0 Å². The summed E-state index contributed by atoms with van der Waals surface area (Å²) in [5.41, 5.74) is 0. The number of carbonyl (C=O) groups is 1. The summed E-state index contributed by atoms with van der Waals surface area (Å²) in [5.74, 6) is -0.0681. The van der Waals surface area contributed by atoms with Crippen LogP contribution in [0, 0.1) is 0 Å². The van der Waals surface area contributed by atoms with Crippen LogP contribution in [0.25, 0.3) is 0 Å². The van der Waals surface area contributed by atoms with E-state index in [1.807, 2.05) is 0 Å². The van der Waals surface area contributed by atoms with E-state index in [1.165, 1.54) is 0 Å². The summed E-state index contributed by atoms with van der Waals surface area (Å²) in [6.07, 6.45) is -1.50. The highest BCUT2D eigenvalue weighted by Crippen LogP contribution is 2.22. The second-order valence-electron chi connectivity index (χ2n) is 4.87. The van der Waals surface area contributed by atoms with Gasteiger partial charge in [-0.3, -0.25) is 4.79 Å². The predicted octanol–water partition coefficient (Wildman–Crippen LogP) is 3.17. The van der Waals surface area contributed by atoms with Crippen LogP contribution in [0.15, 0.2) is 0 Å². The Morgan fingerprint density at radius 3 is 2.37 bits per heavy atom. The standard InChI is InChI=1S/C13H24F3NO2/c1-11(18)7-6-10-17-12(19)8-4-2-3-5-9-13(14,15)16/h11,18H,2-10H2,1H3,(H,17,19). The minimum absolute atomic E-state index is 0.0681. The summed E-state index contributed by atoms with van der Waals surface area (Å²) in [5, 5.41) is 11.7. The van der Waals surface area contributed by atoms with Gasteiger partial charge in [-0.15, -0.1) is 0 Å². The monoisotopic (exact) mass is 283 g/mol. The maximum atomic E-state index is 11.8. The Balaban J connectivity index is 3.30. The Labute approximate surface area is 112 Å². The van der Waals surface area contributed by atoms with Gasteiger partial charge in [0.1, 0.15) is 0 Å². The van der Waals surface area contributed by atoms with Crippen LogP contribution in [-0.2, 0) is 4.79 Å². The van der Waals surface area contributed by atoms with E-state index in [4.69, 9.17) is 5.11 Å². The van der Waals surface area contributed by atoms with Crippen LogP contribution in [-0.4, -0.2) is 29.8 Å². The van der Waals surface area contributed by atoms with Gasteiger partial charge in [0.15, 0.2) is 0 Å². The molecule has 3 nitrogen and oxygen atoms in total. The molecule has 0 aliphatic carbocycles. The maximum absolute atomic E-state index is 11.8. The lowest BCUT2D eigenvalue weighted by Gasteiger charge is -2.07. The fourth-order valence-corrected chi connectivity index (χ4v) is 1.68. The van der Waals surface area contributed by atoms with Gasteiger partial charge < -0.3 is 10.4 Å². The Hall–Kier alpha value is -0.780. The molecule has 19 heavy (non-hydrogen) atoms. The van der Waals surface area contributed by atoms with E-state index >= 15 is 0 Å². The number of rotatable bonds is 10. The smallest absolute Gasteiger partial charge is 0.389 e. The van der Waals surface area contributed by atoms with E-state index in [1.54, 1.807) is 6.92 Å². The molecule has 0 saturated heterocycles. The normalized spacial score (nSPS) is 13.3. The van der Waals surface area contributed by atoms with Crippen molar-refractivity contribution < 1.29 is 23.1 Å². The van der Waals surface area contributed by atoms with Crippen LogP contribution < -0.4 is 5.32 Å². The predicted molar refractivity (Wildman–Crippen MR) is 67.7 cm³/mol. The minimum Gasteiger partial charge on any atom is -0.393 e. The largest absolute Gasteiger partial charge is 0.393 e. The van der Waals surface area contributed by atoms with Crippen molar-refractivity contribution in [3.8, 4) is 0 Å². The lowest BCUT2D eigenvalue weighted by atomic mass is 10.1. The Morgan fingerprint density at radius 1 is 1.16 bits per heavy atom. The lowest BCUT2D eigenvalue weighted by molar-refractivity contribution is -0.135. The van der Waals surface area contributed by atoms with Crippen molar-refractivity contribution in [3.05, 3.63) is 0 Å². The first-order valence-corrected chi connectivity index (χ1v) is 6.83. The number of hydrogen-bond acceptors (Lipinski definition) is 2. The minimum atomic E-state index is -4.07. The summed E-state index contributed by atoms with van der Waals surface area (Å²) in [6.45, 7) is 2.24. The van der Waals surface area contributed by atoms with E-state index in [0.717, 1.165) is 6.42 Å². The molecule has 0 rings (SSSR count). The summed E-state index contributed by atoms with van der Waals surface area (Å²) >= 11 is 0. The molecule has 0 saturated carbocycles. The second-order valence-corrected chi connectivity index (χ2v) is 4.87. The molecule has 0 fully saturated rings. The first kappa shape index (κ1) is 18.2. The topological polar surface area (TPSA) is 49.3 Å². The molecule has 1 amide bonds. The molecular formula is C13H24F3NO2. The van der Waals surface area contributed by atoms with Crippen molar-refractivity contribution in [2.45, 2.75) is 70.6 Å². The molecule has 0 aromatic carbocycles. The summed E-state index contributed by atoms with van der Waals surface area (Å²) < 4.78 is 35.5. The molecule has 0 aromatic rings. The third-order valence-electron chi connectivity index (χ3n) is 2.73. The summed E-state index contributed by atoms with van der Waals surface area (Å²) in [4.78, 5) is 11.3. The van der Waals surface area contributed by atoms with Crippen LogP contribution in [0.3, 0.4) is 0 Å². The highest BCUT2D eigenvalue weighted by atomic mass is 19.4. The third-order valence-corrected chi connectivity index (χ3v) is 2.73. The lowest BCUT2D eigenvalue weighted by Crippen LogP contribution is -2.24. The summed E-state index contributed by atoms with van der Waals surface area (Å²) in [6, 6.07) is 0. The van der Waals surface area contributed by atoms with Gasteiger partial charge in [0.25, 0.3) is 0 Å². The molecule has 0 spiro atoms. The molecule has 6 heteroatoms. The Morgan fingerprint density at radius 2 is 1.79 bits per heavy atom. The van der Waals surface area contributed by atoms with Crippen molar-refractivity contribution in [2.24, 2.45) is 0 Å². The molecule has 1 atom stereocenters. The number of nitrogens with one attached hydrogen (secondary N) is 1. The number of hydrogen-bond donors (Lipinski definition) is 2. The molecule has 0 heterocycles. The van der Waals surface area contributed by atoms with Crippen LogP contribution in [0.5, 0.6) is 0 Å². The van der Waals surface area contributed by atoms with Crippen LogP contribution in [0.4, 0.5) is 13.2 Å².